The zero-order valence-electron chi connectivity index (χ0n) is 25.7. The first kappa shape index (κ1) is 33.4. The molecular formula is C36H41O8P. The molecular weight excluding hydrogens is 591 g/mol. The summed E-state index contributed by atoms with van der Waals surface area (Å²) in [6.45, 7) is 1.68. The minimum Gasteiger partial charge on any atom is -0.374 e. The van der Waals surface area contributed by atoms with E-state index >= 15 is 0 Å². The summed E-state index contributed by atoms with van der Waals surface area (Å²) in [6.07, 6.45) is -3.27. The number of hydrogen-bond donors (Lipinski definition) is 0. The third-order valence-corrected chi connectivity index (χ3v) is 8.30. The van der Waals surface area contributed by atoms with Crippen LogP contribution in [0.25, 0.3) is 0 Å². The van der Waals surface area contributed by atoms with Gasteiger partial charge < -0.3 is 32.7 Å². The molecule has 1 aliphatic heterocycles. The van der Waals surface area contributed by atoms with Gasteiger partial charge in [0.2, 0.25) is 0 Å². The normalized spacial score (nSPS) is 21.6. The van der Waals surface area contributed by atoms with E-state index in [2.05, 4.69) is 0 Å². The highest BCUT2D eigenvalue weighted by atomic mass is 31.2. The maximum Gasteiger partial charge on any atom is 0.334 e. The van der Waals surface area contributed by atoms with Crippen LogP contribution in [0.15, 0.2) is 121 Å². The molecule has 9 heteroatoms. The lowest BCUT2D eigenvalue weighted by Gasteiger charge is -2.46. The Labute approximate surface area is 267 Å². The van der Waals surface area contributed by atoms with Crippen molar-refractivity contribution in [1.82, 2.24) is 0 Å². The number of rotatable bonds is 17. The molecule has 0 unspecified atom stereocenters. The Morgan fingerprint density at radius 2 is 0.911 bits per heavy atom. The molecule has 0 radical (unpaired) electrons. The van der Waals surface area contributed by atoms with Crippen LogP contribution in [0.3, 0.4) is 0 Å². The lowest BCUT2D eigenvalue weighted by molar-refractivity contribution is -0.311. The molecule has 1 aliphatic rings. The van der Waals surface area contributed by atoms with Crippen LogP contribution in [-0.4, -0.2) is 51.5 Å². The number of ether oxygens (including phenoxy) is 5. The van der Waals surface area contributed by atoms with Gasteiger partial charge in [-0.05, 0) is 22.3 Å². The summed E-state index contributed by atoms with van der Waals surface area (Å²) in [4.78, 5) is 0. The summed E-state index contributed by atoms with van der Waals surface area (Å²) in [5, 5.41) is 0. The van der Waals surface area contributed by atoms with Crippen molar-refractivity contribution in [1.29, 1.82) is 0 Å². The first-order chi connectivity index (χ1) is 22.2. The van der Waals surface area contributed by atoms with Crippen LogP contribution in [-0.2, 0) is 63.7 Å². The van der Waals surface area contributed by atoms with Gasteiger partial charge in [-0.1, -0.05) is 121 Å². The molecule has 4 aromatic rings. The van der Waals surface area contributed by atoms with Crippen LogP contribution in [0, 0.1) is 0 Å². The quantitative estimate of drug-likeness (QED) is 0.113. The van der Waals surface area contributed by atoms with Gasteiger partial charge in [-0.25, -0.2) is 0 Å². The molecule has 45 heavy (non-hydrogen) atoms. The molecule has 0 spiro atoms. The van der Waals surface area contributed by atoms with Crippen molar-refractivity contribution < 1.29 is 37.3 Å². The van der Waals surface area contributed by atoms with E-state index in [1.807, 2.05) is 121 Å². The van der Waals surface area contributed by atoms with E-state index in [9.17, 15) is 0 Å². The first-order valence-corrected chi connectivity index (χ1v) is 16.1. The second kappa shape index (κ2) is 18.2. The van der Waals surface area contributed by atoms with Gasteiger partial charge >= 0.3 is 8.60 Å². The van der Waals surface area contributed by atoms with Crippen LogP contribution >= 0.6 is 8.60 Å². The van der Waals surface area contributed by atoms with E-state index in [-0.39, 0.29) is 6.61 Å². The van der Waals surface area contributed by atoms with E-state index in [0.717, 1.165) is 22.3 Å². The maximum atomic E-state index is 6.71. The molecule has 0 N–H and O–H groups in total. The molecule has 0 amide bonds. The first-order valence-electron chi connectivity index (χ1n) is 15.0. The van der Waals surface area contributed by atoms with E-state index in [1.165, 1.54) is 14.2 Å². The minimum atomic E-state index is -1.71. The Kier molecular flexibility index (Phi) is 13.5. The predicted molar refractivity (Wildman–Crippen MR) is 172 cm³/mol. The third kappa shape index (κ3) is 10.2. The maximum absolute atomic E-state index is 6.71. The Hall–Kier alpha value is -3.01. The third-order valence-electron chi connectivity index (χ3n) is 7.33. The Balaban J connectivity index is 1.44. The van der Waals surface area contributed by atoms with Gasteiger partial charge in [0.1, 0.15) is 24.4 Å². The monoisotopic (exact) mass is 632 g/mol. The number of hydrogen-bond acceptors (Lipinski definition) is 8. The Morgan fingerprint density at radius 1 is 0.511 bits per heavy atom. The summed E-state index contributed by atoms with van der Waals surface area (Å²) >= 11 is 0. The van der Waals surface area contributed by atoms with Crippen LogP contribution in [0.4, 0.5) is 0 Å². The summed E-state index contributed by atoms with van der Waals surface area (Å²) in [5.41, 5.74) is 4.13. The lowest BCUT2D eigenvalue weighted by atomic mass is 9.98. The summed E-state index contributed by atoms with van der Waals surface area (Å²) in [7, 11) is 1.36. The van der Waals surface area contributed by atoms with E-state index in [1.54, 1.807) is 0 Å². The Morgan fingerprint density at radius 3 is 1.36 bits per heavy atom. The van der Waals surface area contributed by atoms with Crippen molar-refractivity contribution in [2.45, 2.75) is 57.1 Å². The second-order valence-corrected chi connectivity index (χ2v) is 11.9. The molecule has 0 aliphatic carbocycles. The molecule has 1 heterocycles. The lowest BCUT2D eigenvalue weighted by Crippen LogP contribution is -2.61. The molecule has 0 bridgehead atoms. The van der Waals surface area contributed by atoms with E-state index in [4.69, 9.17) is 37.3 Å². The number of benzene rings is 4. The van der Waals surface area contributed by atoms with Gasteiger partial charge in [0.25, 0.3) is 0 Å². The van der Waals surface area contributed by atoms with Crippen molar-refractivity contribution in [2.75, 3.05) is 20.8 Å². The average molecular weight is 633 g/mol. The largest absolute Gasteiger partial charge is 0.374 e. The van der Waals surface area contributed by atoms with Crippen molar-refractivity contribution in [3.63, 3.8) is 0 Å². The Bertz CT molecular complexity index is 1340. The highest BCUT2D eigenvalue weighted by Gasteiger charge is 2.50. The topological polar surface area (TPSA) is 73.8 Å². The van der Waals surface area contributed by atoms with E-state index < -0.39 is 39.3 Å². The molecule has 0 aromatic heterocycles. The molecule has 8 nitrogen and oxygen atoms in total. The van der Waals surface area contributed by atoms with Crippen molar-refractivity contribution in [2.24, 2.45) is 0 Å². The predicted octanol–water partition coefficient (Wildman–Crippen LogP) is 7.22. The van der Waals surface area contributed by atoms with Crippen LogP contribution in [0.1, 0.15) is 22.3 Å². The highest BCUT2D eigenvalue weighted by molar-refractivity contribution is 7.41. The summed E-state index contributed by atoms with van der Waals surface area (Å²) in [5.74, 6) is 0. The molecule has 1 saturated heterocycles. The van der Waals surface area contributed by atoms with E-state index in [0.29, 0.717) is 26.4 Å². The van der Waals surface area contributed by atoms with Gasteiger partial charge in [0.05, 0.1) is 33.0 Å². The molecule has 1 fully saturated rings. The molecule has 5 rings (SSSR count). The fourth-order valence-corrected chi connectivity index (χ4v) is 5.74. The van der Waals surface area contributed by atoms with Gasteiger partial charge in [-0.2, -0.15) is 0 Å². The van der Waals surface area contributed by atoms with Crippen LogP contribution < -0.4 is 0 Å². The molecule has 4 aromatic carbocycles. The zero-order valence-corrected chi connectivity index (χ0v) is 26.6. The summed E-state index contributed by atoms with van der Waals surface area (Å²) < 4.78 is 50.0. The smallest absolute Gasteiger partial charge is 0.334 e. The fraction of sp³-hybridized carbons (Fsp3) is 0.333. The molecule has 5 atom stereocenters. The molecule has 0 saturated carbocycles. The van der Waals surface area contributed by atoms with Crippen molar-refractivity contribution in [3.8, 4) is 0 Å². The van der Waals surface area contributed by atoms with Crippen molar-refractivity contribution in [3.05, 3.63) is 144 Å². The zero-order chi connectivity index (χ0) is 31.1. The van der Waals surface area contributed by atoms with Gasteiger partial charge in [-0.15, -0.1) is 0 Å². The van der Waals surface area contributed by atoms with Crippen LogP contribution in [0.2, 0.25) is 0 Å². The summed E-state index contributed by atoms with van der Waals surface area (Å²) in [6, 6.07) is 40.1. The van der Waals surface area contributed by atoms with Gasteiger partial charge in [0, 0.05) is 14.2 Å². The molecule has 238 valence electrons. The standard InChI is InChI=1S/C36H41O8P/c1-37-45(38-2)44-36-35(42-26-31-21-13-6-14-22-31)34(41-25-30-19-11-5-12-20-30)33(40-24-29-17-9-4-10-18-29)32(43-36)27-39-23-28-15-7-3-8-16-28/h3-22,32-36H,23-27H2,1-2H3/t32-,33+,34+,35-,36-/m1/s1. The average Bonchev–Trinajstić information content (AvgIpc) is 3.10. The van der Waals surface area contributed by atoms with Gasteiger partial charge in [0.15, 0.2) is 6.29 Å². The second-order valence-electron chi connectivity index (χ2n) is 10.5. The fourth-order valence-electron chi connectivity index (χ4n) is 5.08. The van der Waals surface area contributed by atoms with Crippen LogP contribution in [0.5, 0.6) is 0 Å². The SMILES string of the molecule is COP(OC)O[C@H]1O[C@H](COCc2ccccc2)[C@H](OCc2ccccc2)[C@H](OCc2ccccc2)[C@H]1OCc1ccccc1. The van der Waals surface area contributed by atoms with Gasteiger partial charge in [-0.3, -0.25) is 4.52 Å². The van der Waals surface area contributed by atoms with Crippen molar-refractivity contribution >= 4 is 8.60 Å². The highest BCUT2D eigenvalue weighted by Crippen LogP contribution is 2.43. The minimum absolute atomic E-state index is 0.239.